The highest BCUT2D eigenvalue weighted by Crippen LogP contribution is 2.32. The molecule has 8 heteroatoms. The predicted octanol–water partition coefficient (Wildman–Crippen LogP) is 5.98. The van der Waals surface area contributed by atoms with E-state index in [4.69, 9.17) is 14.2 Å². The van der Waals surface area contributed by atoms with E-state index in [9.17, 15) is 9.59 Å². The Hall–Kier alpha value is -4.85. The van der Waals surface area contributed by atoms with Crippen LogP contribution in [0.2, 0.25) is 0 Å². The number of hydrogen-bond acceptors (Lipinski definition) is 7. The lowest BCUT2D eigenvalue weighted by Gasteiger charge is -2.36. The molecule has 2 heterocycles. The number of esters is 1. The molecule has 1 saturated heterocycles. The van der Waals surface area contributed by atoms with Gasteiger partial charge in [0.25, 0.3) is 0 Å². The first-order valence-corrected chi connectivity index (χ1v) is 14.4. The summed E-state index contributed by atoms with van der Waals surface area (Å²) in [6.07, 6.45) is 0.202. The third kappa shape index (κ3) is 8.35. The molecule has 0 N–H and O–H groups in total. The molecule has 0 atom stereocenters. The second-order valence-electron chi connectivity index (χ2n) is 11.4. The van der Waals surface area contributed by atoms with Crippen molar-refractivity contribution < 1.29 is 23.8 Å². The van der Waals surface area contributed by atoms with Gasteiger partial charge >= 0.3 is 5.97 Å². The Labute approximate surface area is 252 Å². The van der Waals surface area contributed by atoms with Crippen molar-refractivity contribution in [2.45, 2.75) is 46.0 Å². The lowest BCUT2D eigenvalue weighted by Crippen LogP contribution is -2.50. The third-order valence-electron chi connectivity index (χ3n) is 6.84. The summed E-state index contributed by atoms with van der Waals surface area (Å²) in [7, 11) is 0. The van der Waals surface area contributed by atoms with Crippen molar-refractivity contribution in [1.82, 2.24) is 4.98 Å². The molecule has 0 spiro atoms. The Morgan fingerprint density at radius 3 is 2.00 bits per heavy atom. The molecule has 1 amide bonds. The van der Waals surface area contributed by atoms with Gasteiger partial charge in [0.15, 0.2) is 0 Å². The van der Waals surface area contributed by atoms with Crippen LogP contribution in [0.25, 0.3) is 0 Å². The average Bonchev–Trinajstić information content (AvgIpc) is 2.99. The minimum Gasteiger partial charge on any atom is -0.473 e. The lowest BCUT2D eigenvalue weighted by molar-refractivity contribution is -0.153. The maximum absolute atomic E-state index is 13.5. The molecule has 222 valence electrons. The van der Waals surface area contributed by atoms with Crippen LogP contribution in [-0.4, -0.2) is 42.1 Å². The van der Waals surface area contributed by atoms with E-state index in [1.165, 1.54) is 0 Å². The second kappa shape index (κ2) is 13.4. The number of carbonyl (C=O) groups excluding carboxylic acids is 2. The van der Waals surface area contributed by atoms with Crippen molar-refractivity contribution in [2.75, 3.05) is 29.4 Å². The third-order valence-corrected chi connectivity index (χ3v) is 6.84. The number of benzene rings is 3. The molecular formula is C35H37N3O5. The summed E-state index contributed by atoms with van der Waals surface area (Å²) in [4.78, 5) is 34.1. The standard InChI is InChI=1S/C35H37N3O5/c1-35(2,3)43-33(40)22-26-14-16-29(17-15-26)37-20-21-38(32(39)23-37)30-18-19-31(41-24-27-10-6-4-7-11-27)36-34(30)42-25-28-12-8-5-9-13-28/h4-19H,20-25H2,1-3H3. The van der Waals surface area contributed by atoms with Crippen LogP contribution >= 0.6 is 0 Å². The molecule has 0 saturated carbocycles. The van der Waals surface area contributed by atoms with Crippen molar-refractivity contribution in [1.29, 1.82) is 0 Å². The maximum Gasteiger partial charge on any atom is 0.310 e. The number of ether oxygens (including phenoxy) is 3. The zero-order valence-electron chi connectivity index (χ0n) is 24.9. The van der Waals surface area contributed by atoms with Crippen LogP contribution in [0, 0.1) is 0 Å². The number of pyridine rings is 1. The van der Waals surface area contributed by atoms with Gasteiger partial charge in [-0.3, -0.25) is 9.59 Å². The van der Waals surface area contributed by atoms with Crippen LogP contribution in [0.5, 0.6) is 11.8 Å². The number of piperazine rings is 1. The van der Waals surface area contributed by atoms with Crippen LogP contribution < -0.4 is 19.3 Å². The van der Waals surface area contributed by atoms with Gasteiger partial charge < -0.3 is 24.0 Å². The smallest absolute Gasteiger partial charge is 0.310 e. The lowest BCUT2D eigenvalue weighted by atomic mass is 10.1. The number of nitrogens with zero attached hydrogens (tertiary/aromatic N) is 3. The zero-order valence-corrected chi connectivity index (χ0v) is 24.9. The van der Waals surface area contributed by atoms with Crippen molar-refractivity contribution in [3.8, 4) is 11.8 Å². The number of carbonyl (C=O) groups is 2. The molecular weight excluding hydrogens is 542 g/mol. The summed E-state index contributed by atoms with van der Waals surface area (Å²) in [5.41, 5.74) is 3.91. The van der Waals surface area contributed by atoms with Crippen molar-refractivity contribution in [3.05, 3.63) is 114 Å². The summed E-state index contributed by atoms with van der Waals surface area (Å²) in [5, 5.41) is 0. The van der Waals surface area contributed by atoms with Crippen LogP contribution in [0.4, 0.5) is 11.4 Å². The summed E-state index contributed by atoms with van der Waals surface area (Å²) < 4.78 is 17.5. The Balaban J connectivity index is 1.27. The quantitative estimate of drug-likeness (QED) is 0.214. The van der Waals surface area contributed by atoms with E-state index in [1.807, 2.05) is 117 Å². The van der Waals surface area contributed by atoms with E-state index < -0.39 is 5.60 Å². The van der Waals surface area contributed by atoms with E-state index in [0.29, 0.717) is 43.8 Å². The molecule has 0 aliphatic carbocycles. The van der Waals surface area contributed by atoms with Gasteiger partial charge in [-0.1, -0.05) is 72.8 Å². The van der Waals surface area contributed by atoms with Crippen molar-refractivity contribution >= 4 is 23.3 Å². The number of aromatic nitrogens is 1. The molecule has 0 radical (unpaired) electrons. The minimum absolute atomic E-state index is 0.0617. The van der Waals surface area contributed by atoms with E-state index in [0.717, 1.165) is 22.4 Å². The normalized spacial score (nSPS) is 13.5. The van der Waals surface area contributed by atoms with Gasteiger partial charge in [0.05, 0.1) is 13.0 Å². The van der Waals surface area contributed by atoms with Crippen molar-refractivity contribution in [2.24, 2.45) is 0 Å². The highest BCUT2D eigenvalue weighted by atomic mass is 16.6. The molecule has 1 aliphatic rings. The van der Waals surface area contributed by atoms with Gasteiger partial charge in [-0.05, 0) is 55.7 Å². The van der Waals surface area contributed by atoms with Crippen LogP contribution in [0.3, 0.4) is 0 Å². The predicted molar refractivity (Wildman–Crippen MR) is 166 cm³/mol. The molecule has 8 nitrogen and oxygen atoms in total. The first kappa shape index (κ1) is 29.6. The fourth-order valence-electron chi connectivity index (χ4n) is 4.78. The SMILES string of the molecule is CC(C)(C)OC(=O)Cc1ccc(N2CCN(c3ccc(OCc4ccccc4)nc3OCc3ccccc3)C(=O)C2)cc1. The van der Waals surface area contributed by atoms with Gasteiger partial charge in [0.2, 0.25) is 17.7 Å². The molecule has 0 unspecified atom stereocenters. The maximum atomic E-state index is 13.5. The van der Waals surface area contributed by atoms with Gasteiger partial charge in [-0.15, -0.1) is 0 Å². The Morgan fingerprint density at radius 1 is 0.767 bits per heavy atom. The first-order valence-electron chi connectivity index (χ1n) is 14.4. The van der Waals surface area contributed by atoms with Crippen LogP contribution in [-0.2, 0) is 34.0 Å². The average molecular weight is 580 g/mol. The molecule has 1 aromatic heterocycles. The van der Waals surface area contributed by atoms with E-state index in [-0.39, 0.29) is 24.8 Å². The second-order valence-corrected chi connectivity index (χ2v) is 11.4. The van der Waals surface area contributed by atoms with Crippen LogP contribution in [0.1, 0.15) is 37.5 Å². The molecule has 4 aromatic rings. The number of amides is 1. The summed E-state index contributed by atoms with van der Waals surface area (Å²) in [5.74, 6) is 0.448. The Bertz CT molecular complexity index is 1520. The van der Waals surface area contributed by atoms with Gasteiger partial charge in [0, 0.05) is 24.8 Å². The summed E-state index contributed by atoms with van der Waals surface area (Å²) in [6, 6.07) is 31.0. The molecule has 1 fully saturated rings. The highest BCUT2D eigenvalue weighted by Gasteiger charge is 2.28. The van der Waals surface area contributed by atoms with E-state index in [1.54, 1.807) is 11.0 Å². The number of hydrogen-bond donors (Lipinski definition) is 0. The topological polar surface area (TPSA) is 81.2 Å². The Kier molecular flexibility index (Phi) is 9.25. The molecule has 5 rings (SSSR count). The zero-order chi connectivity index (χ0) is 30.2. The van der Waals surface area contributed by atoms with Gasteiger partial charge in [0.1, 0.15) is 24.5 Å². The summed E-state index contributed by atoms with van der Waals surface area (Å²) in [6.45, 7) is 7.55. The molecule has 0 bridgehead atoms. The fraction of sp³-hybridized carbons (Fsp3) is 0.286. The number of rotatable bonds is 10. The summed E-state index contributed by atoms with van der Waals surface area (Å²) >= 11 is 0. The fourth-order valence-corrected chi connectivity index (χ4v) is 4.78. The van der Waals surface area contributed by atoms with Crippen molar-refractivity contribution in [3.63, 3.8) is 0 Å². The van der Waals surface area contributed by atoms with Gasteiger partial charge in [-0.25, -0.2) is 0 Å². The van der Waals surface area contributed by atoms with Crippen LogP contribution in [0.15, 0.2) is 97.1 Å². The van der Waals surface area contributed by atoms with Gasteiger partial charge in [-0.2, -0.15) is 4.98 Å². The molecule has 43 heavy (non-hydrogen) atoms. The van der Waals surface area contributed by atoms with E-state index >= 15 is 0 Å². The monoisotopic (exact) mass is 579 g/mol. The van der Waals surface area contributed by atoms with E-state index in [2.05, 4.69) is 4.98 Å². The largest absolute Gasteiger partial charge is 0.473 e. The Morgan fingerprint density at radius 2 is 1.40 bits per heavy atom. The molecule has 3 aromatic carbocycles. The highest BCUT2D eigenvalue weighted by molar-refractivity contribution is 5.98. The number of anilines is 2. The minimum atomic E-state index is -0.519. The molecule has 1 aliphatic heterocycles. The first-order chi connectivity index (χ1) is 20.7.